The molecule has 0 aromatic rings. The quantitative estimate of drug-likeness (QED) is 0.426. The van der Waals surface area contributed by atoms with Gasteiger partial charge in [-0.2, -0.15) is 0 Å². The summed E-state index contributed by atoms with van der Waals surface area (Å²) in [5.41, 5.74) is 0. The maximum absolute atomic E-state index is 8.48. The first kappa shape index (κ1) is 11.0. The van der Waals surface area contributed by atoms with Crippen molar-refractivity contribution in [2.24, 2.45) is 0 Å². The average Bonchev–Trinajstić information content (AvgIpc) is 2.03. The SMILES string of the molecule is CBOCCCCCCCO. The van der Waals surface area contributed by atoms with E-state index in [2.05, 4.69) is 0 Å². The minimum atomic E-state index is 0.339. The number of aliphatic hydroxyl groups is 1. The first-order valence-corrected chi connectivity index (χ1v) is 4.60. The molecule has 0 spiro atoms. The van der Waals surface area contributed by atoms with Crippen molar-refractivity contribution in [1.82, 2.24) is 0 Å². The molecule has 0 aliphatic heterocycles. The summed E-state index contributed by atoms with van der Waals surface area (Å²) in [6.07, 6.45) is 5.74. The Bertz CT molecular complexity index is 61.1. The van der Waals surface area contributed by atoms with Crippen LogP contribution in [-0.4, -0.2) is 25.8 Å². The minimum absolute atomic E-state index is 0.339. The summed E-state index contributed by atoms with van der Waals surface area (Å²) in [5, 5.41) is 8.48. The Hall–Kier alpha value is -0.0151. The highest BCUT2D eigenvalue weighted by Crippen LogP contribution is 2.01. The van der Waals surface area contributed by atoms with Gasteiger partial charge in [0, 0.05) is 13.2 Å². The lowest BCUT2D eigenvalue weighted by atomic mass is 10.1. The molecule has 0 saturated heterocycles. The third-order valence-corrected chi connectivity index (χ3v) is 1.65. The highest BCUT2D eigenvalue weighted by molar-refractivity contribution is 6.24. The minimum Gasteiger partial charge on any atom is -0.440 e. The topological polar surface area (TPSA) is 29.5 Å². The third kappa shape index (κ3) is 9.98. The molecule has 2 nitrogen and oxygen atoms in total. The third-order valence-electron chi connectivity index (χ3n) is 1.65. The second kappa shape index (κ2) is 9.98. The number of hydrogen-bond donors (Lipinski definition) is 1. The van der Waals surface area contributed by atoms with Gasteiger partial charge in [-0.3, -0.25) is 0 Å². The van der Waals surface area contributed by atoms with Crippen LogP contribution in [0, 0.1) is 0 Å². The van der Waals surface area contributed by atoms with Gasteiger partial charge in [-0.15, -0.1) is 0 Å². The van der Waals surface area contributed by atoms with Crippen molar-refractivity contribution >= 4 is 7.48 Å². The number of aliphatic hydroxyl groups excluding tert-OH is 1. The summed E-state index contributed by atoms with van der Waals surface area (Å²) < 4.78 is 5.19. The van der Waals surface area contributed by atoms with Gasteiger partial charge in [0.25, 0.3) is 7.48 Å². The smallest absolute Gasteiger partial charge is 0.271 e. The van der Waals surface area contributed by atoms with Gasteiger partial charge in [-0.1, -0.05) is 26.1 Å². The summed E-state index contributed by atoms with van der Waals surface area (Å²) in [7, 11) is 0.830. The van der Waals surface area contributed by atoms with E-state index in [1.54, 1.807) is 0 Å². The highest BCUT2D eigenvalue weighted by atomic mass is 16.4. The van der Waals surface area contributed by atoms with Gasteiger partial charge < -0.3 is 9.76 Å². The van der Waals surface area contributed by atoms with Crippen LogP contribution >= 0.6 is 0 Å². The van der Waals surface area contributed by atoms with Crippen LogP contribution in [0.3, 0.4) is 0 Å². The molecule has 0 saturated carbocycles. The van der Waals surface area contributed by atoms with Crippen molar-refractivity contribution in [2.45, 2.75) is 38.9 Å². The second-order valence-corrected chi connectivity index (χ2v) is 2.69. The number of hydrogen-bond acceptors (Lipinski definition) is 2. The van der Waals surface area contributed by atoms with Gasteiger partial charge in [-0.05, 0) is 12.8 Å². The lowest BCUT2D eigenvalue weighted by molar-refractivity contribution is 0.280. The summed E-state index contributed by atoms with van der Waals surface area (Å²) in [6, 6.07) is 0. The van der Waals surface area contributed by atoms with Gasteiger partial charge in [0.1, 0.15) is 0 Å². The van der Waals surface area contributed by atoms with Crippen molar-refractivity contribution in [2.75, 3.05) is 13.2 Å². The first-order chi connectivity index (χ1) is 5.41. The number of rotatable bonds is 8. The Morgan fingerprint density at radius 2 is 1.73 bits per heavy atom. The zero-order chi connectivity index (χ0) is 8.36. The van der Waals surface area contributed by atoms with E-state index < -0.39 is 0 Å². The zero-order valence-electron chi connectivity index (χ0n) is 7.51. The van der Waals surface area contributed by atoms with Crippen LogP contribution in [0.1, 0.15) is 32.1 Å². The highest BCUT2D eigenvalue weighted by Gasteiger charge is 1.89. The summed E-state index contributed by atoms with van der Waals surface area (Å²) >= 11 is 0. The lowest BCUT2D eigenvalue weighted by Crippen LogP contribution is -1.95. The van der Waals surface area contributed by atoms with Crippen molar-refractivity contribution in [3.8, 4) is 0 Å². The van der Waals surface area contributed by atoms with Gasteiger partial charge >= 0.3 is 0 Å². The largest absolute Gasteiger partial charge is 0.440 e. The van der Waals surface area contributed by atoms with E-state index in [1.165, 1.54) is 19.3 Å². The molecule has 0 aromatic heterocycles. The summed E-state index contributed by atoms with van der Waals surface area (Å²) in [4.78, 5) is 0. The normalized spacial score (nSPS) is 10.0. The van der Waals surface area contributed by atoms with Crippen LogP contribution in [0.2, 0.25) is 6.82 Å². The lowest BCUT2D eigenvalue weighted by Gasteiger charge is -2.00. The molecule has 0 unspecified atom stereocenters. The Kier molecular flexibility index (Phi) is 9.97. The van der Waals surface area contributed by atoms with E-state index in [4.69, 9.17) is 9.76 Å². The molecule has 11 heavy (non-hydrogen) atoms. The summed E-state index contributed by atoms with van der Waals surface area (Å²) in [6.45, 7) is 3.26. The standard InChI is InChI=1S/C8H19BO2/c1-9-11-8-6-4-2-3-5-7-10/h9-10H,2-8H2,1H3. The van der Waals surface area contributed by atoms with Crippen molar-refractivity contribution in [3.05, 3.63) is 0 Å². The molecular formula is C8H19BO2. The zero-order valence-corrected chi connectivity index (χ0v) is 7.51. The van der Waals surface area contributed by atoms with E-state index in [1.807, 2.05) is 6.82 Å². The second-order valence-electron chi connectivity index (χ2n) is 2.69. The van der Waals surface area contributed by atoms with Crippen LogP contribution in [0.15, 0.2) is 0 Å². The Balaban J connectivity index is 2.69. The molecule has 66 valence electrons. The maximum atomic E-state index is 8.48. The molecule has 0 aliphatic rings. The molecule has 0 fully saturated rings. The Labute approximate surface area is 70.2 Å². The van der Waals surface area contributed by atoms with Crippen LogP contribution in [-0.2, 0) is 4.65 Å². The van der Waals surface area contributed by atoms with Crippen LogP contribution in [0.5, 0.6) is 0 Å². The molecule has 0 radical (unpaired) electrons. The van der Waals surface area contributed by atoms with E-state index in [-0.39, 0.29) is 0 Å². The van der Waals surface area contributed by atoms with Gasteiger partial charge in [0.05, 0.1) is 0 Å². The average molecular weight is 158 g/mol. The van der Waals surface area contributed by atoms with Gasteiger partial charge in [-0.25, -0.2) is 0 Å². The van der Waals surface area contributed by atoms with Gasteiger partial charge in [0.2, 0.25) is 0 Å². The Morgan fingerprint density at radius 1 is 1.09 bits per heavy atom. The molecule has 0 aliphatic carbocycles. The predicted molar refractivity (Wildman–Crippen MR) is 49.1 cm³/mol. The molecule has 0 aromatic carbocycles. The fraction of sp³-hybridized carbons (Fsp3) is 1.00. The number of unbranched alkanes of at least 4 members (excludes halogenated alkanes) is 4. The van der Waals surface area contributed by atoms with Crippen molar-refractivity contribution in [3.63, 3.8) is 0 Å². The molecule has 0 bridgehead atoms. The van der Waals surface area contributed by atoms with E-state index in [0.717, 1.165) is 26.9 Å². The van der Waals surface area contributed by atoms with E-state index in [0.29, 0.717) is 6.61 Å². The van der Waals surface area contributed by atoms with E-state index in [9.17, 15) is 0 Å². The molecule has 3 heteroatoms. The molecule has 1 N–H and O–H groups in total. The maximum Gasteiger partial charge on any atom is 0.271 e. The van der Waals surface area contributed by atoms with Crippen LogP contribution in [0.4, 0.5) is 0 Å². The Morgan fingerprint density at radius 3 is 2.36 bits per heavy atom. The molecular weight excluding hydrogens is 139 g/mol. The monoisotopic (exact) mass is 158 g/mol. The van der Waals surface area contributed by atoms with Gasteiger partial charge in [0.15, 0.2) is 0 Å². The molecule has 0 heterocycles. The molecule has 0 amide bonds. The fourth-order valence-corrected chi connectivity index (χ4v) is 0.991. The predicted octanol–water partition coefficient (Wildman–Crippen LogP) is 1.35. The first-order valence-electron chi connectivity index (χ1n) is 4.60. The van der Waals surface area contributed by atoms with Crippen LogP contribution in [0.25, 0.3) is 0 Å². The van der Waals surface area contributed by atoms with Crippen molar-refractivity contribution < 1.29 is 9.76 Å². The van der Waals surface area contributed by atoms with Crippen molar-refractivity contribution in [1.29, 1.82) is 0 Å². The van der Waals surface area contributed by atoms with Crippen LogP contribution < -0.4 is 0 Å². The fourth-order valence-electron chi connectivity index (χ4n) is 0.991. The molecule has 0 rings (SSSR count). The molecule has 0 atom stereocenters. The van der Waals surface area contributed by atoms with E-state index >= 15 is 0 Å². The summed E-state index contributed by atoms with van der Waals surface area (Å²) in [5.74, 6) is 0.